The summed E-state index contributed by atoms with van der Waals surface area (Å²) in [6.07, 6.45) is 3.77. The molecule has 0 aromatic heterocycles. The molecule has 146 valence electrons. The number of rotatable bonds is 6. The lowest BCUT2D eigenvalue weighted by Gasteiger charge is -2.33. The van der Waals surface area contributed by atoms with Crippen molar-refractivity contribution in [2.24, 2.45) is 5.92 Å². The van der Waals surface area contributed by atoms with Gasteiger partial charge < -0.3 is 15.5 Å². The van der Waals surface area contributed by atoms with E-state index in [9.17, 15) is 9.59 Å². The van der Waals surface area contributed by atoms with Crippen molar-refractivity contribution >= 4 is 17.5 Å². The Morgan fingerprint density at radius 2 is 1.46 bits per heavy atom. The summed E-state index contributed by atoms with van der Waals surface area (Å²) in [6.45, 7) is 1.65. The van der Waals surface area contributed by atoms with Gasteiger partial charge in [0, 0.05) is 36.1 Å². The molecule has 1 atom stereocenters. The Hall–Kier alpha value is -2.66. The molecule has 28 heavy (non-hydrogen) atoms. The number of quaternary nitrogens is 1. The molecular weight excluding hydrogens is 350 g/mol. The minimum Gasteiger partial charge on any atom is -0.348 e. The van der Waals surface area contributed by atoms with Crippen LogP contribution in [0.3, 0.4) is 0 Å². The van der Waals surface area contributed by atoms with Gasteiger partial charge in [0.1, 0.15) is 0 Å². The monoisotopic (exact) mass is 378 g/mol. The molecule has 5 nitrogen and oxygen atoms in total. The second-order valence-electron chi connectivity index (χ2n) is 7.91. The highest BCUT2D eigenvalue weighted by Gasteiger charge is 2.38. The van der Waals surface area contributed by atoms with Crippen LogP contribution in [0.2, 0.25) is 0 Å². The van der Waals surface area contributed by atoms with Crippen LogP contribution in [0.25, 0.3) is 0 Å². The number of carbonyl (C=O) groups is 2. The van der Waals surface area contributed by atoms with E-state index in [2.05, 4.69) is 10.6 Å². The Labute approximate surface area is 166 Å². The molecular formula is C23H28N3O2+. The number of nitrogens with one attached hydrogen (secondary N) is 3. The van der Waals surface area contributed by atoms with Crippen LogP contribution in [0.15, 0.2) is 60.7 Å². The fourth-order valence-corrected chi connectivity index (χ4v) is 4.04. The Balaban J connectivity index is 1.39. The SMILES string of the molecule is O=C(Nc1ccccc1)C1CC[NH+]([C@H](C(=O)NC2CC2)c2ccccc2)CC1. The maximum absolute atomic E-state index is 12.9. The molecule has 2 aromatic rings. The predicted molar refractivity (Wildman–Crippen MR) is 109 cm³/mol. The Morgan fingerprint density at radius 1 is 0.857 bits per heavy atom. The van der Waals surface area contributed by atoms with Crippen LogP contribution in [0.5, 0.6) is 0 Å². The van der Waals surface area contributed by atoms with Crippen molar-refractivity contribution in [1.82, 2.24) is 5.32 Å². The van der Waals surface area contributed by atoms with Gasteiger partial charge in [0.25, 0.3) is 5.91 Å². The molecule has 1 heterocycles. The summed E-state index contributed by atoms with van der Waals surface area (Å²) in [5.41, 5.74) is 1.90. The lowest BCUT2D eigenvalue weighted by atomic mass is 9.93. The first-order valence-electron chi connectivity index (χ1n) is 10.3. The molecule has 1 saturated carbocycles. The average Bonchev–Trinajstić information content (AvgIpc) is 3.54. The van der Waals surface area contributed by atoms with Gasteiger partial charge in [-0.1, -0.05) is 48.5 Å². The molecule has 0 radical (unpaired) electrons. The number of piperidine rings is 1. The second kappa shape index (κ2) is 8.57. The molecule has 1 saturated heterocycles. The van der Waals surface area contributed by atoms with E-state index in [1.165, 1.54) is 4.90 Å². The van der Waals surface area contributed by atoms with Crippen LogP contribution in [0.4, 0.5) is 5.69 Å². The number of hydrogen-bond donors (Lipinski definition) is 3. The van der Waals surface area contributed by atoms with E-state index in [0.717, 1.165) is 50.0 Å². The second-order valence-corrected chi connectivity index (χ2v) is 7.91. The first-order chi connectivity index (χ1) is 13.7. The first-order valence-corrected chi connectivity index (χ1v) is 10.3. The zero-order valence-electron chi connectivity index (χ0n) is 16.1. The molecule has 4 rings (SSSR count). The quantitative estimate of drug-likeness (QED) is 0.719. The standard InChI is InChI=1S/C23H27N3O2/c27-22(24-19-9-5-2-6-10-19)18-13-15-26(16-14-18)21(17-7-3-1-4-8-17)23(28)25-20-11-12-20/h1-10,18,20-21H,11-16H2,(H,24,27)(H,25,28)/p+1/t21-/m0/s1. The van der Waals surface area contributed by atoms with Crippen molar-refractivity contribution in [2.75, 3.05) is 18.4 Å². The summed E-state index contributed by atoms with van der Waals surface area (Å²) in [5, 5.41) is 6.19. The van der Waals surface area contributed by atoms with Crippen molar-refractivity contribution in [3.05, 3.63) is 66.2 Å². The van der Waals surface area contributed by atoms with Gasteiger partial charge in [-0.05, 0) is 25.0 Å². The smallest absolute Gasteiger partial charge is 0.283 e. The normalized spacial score (nSPS) is 22.9. The molecule has 0 bridgehead atoms. The third-order valence-corrected chi connectivity index (χ3v) is 5.77. The number of anilines is 1. The van der Waals surface area contributed by atoms with Gasteiger partial charge >= 0.3 is 0 Å². The van der Waals surface area contributed by atoms with E-state index in [0.29, 0.717) is 6.04 Å². The summed E-state index contributed by atoms with van der Waals surface area (Å²) >= 11 is 0. The minimum atomic E-state index is -0.195. The van der Waals surface area contributed by atoms with Gasteiger partial charge in [0.05, 0.1) is 13.1 Å². The minimum absolute atomic E-state index is 0.00636. The number of amides is 2. The predicted octanol–water partition coefficient (Wildman–Crippen LogP) is 1.94. The summed E-state index contributed by atoms with van der Waals surface area (Å²) < 4.78 is 0. The zero-order chi connectivity index (χ0) is 19.3. The van der Waals surface area contributed by atoms with Gasteiger partial charge in [-0.3, -0.25) is 9.59 Å². The largest absolute Gasteiger partial charge is 0.348 e. The van der Waals surface area contributed by atoms with E-state index in [-0.39, 0.29) is 23.8 Å². The van der Waals surface area contributed by atoms with Crippen molar-refractivity contribution in [3.8, 4) is 0 Å². The number of hydrogen-bond acceptors (Lipinski definition) is 2. The lowest BCUT2D eigenvalue weighted by Crippen LogP contribution is -3.14. The third-order valence-electron chi connectivity index (χ3n) is 5.77. The van der Waals surface area contributed by atoms with Crippen molar-refractivity contribution in [1.29, 1.82) is 0 Å². The first kappa shape index (κ1) is 18.7. The molecule has 3 N–H and O–H groups in total. The number of benzene rings is 2. The van der Waals surface area contributed by atoms with E-state index >= 15 is 0 Å². The molecule has 1 aliphatic carbocycles. The van der Waals surface area contributed by atoms with Gasteiger partial charge in [-0.15, -0.1) is 0 Å². The molecule has 0 unspecified atom stereocenters. The maximum Gasteiger partial charge on any atom is 0.283 e. The van der Waals surface area contributed by atoms with Crippen molar-refractivity contribution in [2.45, 2.75) is 37.8 Å². The molecule has 2 amide bonds. The average molecular weight is 378 g/mol. The van der Waals surface area contributed by atoms with Crippen LogP contribution in [-0.4, -0.2) is 30.9 Å². The Bertz CT molecular complexity index is 797. The van der Waals surface area contributed by atoms with Gasteiger partial charge in [0.2, 0.25) is 5.91 Å². The molecule has 2 aromatic carbocycles. The number of likely N-dealkylation sites (tertiary alicyclic amines) is 1. The fourth-order valence-electron chi connectivity index (χ4n) is 4.04. The molecule has 5 heteroatoms. The Morgan fingerprint density at radius 3 is 2.07 bits per heavy atom. The molecule has 0 spiro atoms. The topological polar surface area (TPSA) is 62.6 Å². The molecule has 1 aliphatic heterocycles. The van der Waals surface area contributed by atoms with Gasteiger partial charge in [0.15, 0.2) is 6.04 Å². The van der Waals surface area contributed by atoms with E-state index in [4.69, 9.17) is 0 Å². The Kier molecular flexibility index (Phi) is 5.72. The van der Waals surface area contributed by atoms with Gasteiger partial charge in [-0.2, -0.15) is 0 Å². The van der Waals surface area contributed by atoms with Crippen LogP contribution in [0, 0.1) is 5.92 Å². The fraction of sp³-hybridized carbons (Fsp3) is 0.391. The van der Waals surface area contributed by atoms with Crippen molar-refractivity contribution < 1.29 is 14.5 Å². The highest BCUT2D eigenvalue weighted by Crippen LogP contribution is 2.21. The number of para-hydroxylation sites is 1. The van der Waals surface area contributed by atoms with Crippen LogP contribution in [-0.2, 0) is 9.59 Å². The van der Waals surface area contributed by atoms with Crippen LogP contribution >= 0.6 is 0 Å². The van der Waals surface area contributed by atoms with Crippen LogP contribution in [0.1, 0.15) is 37.3 Å². The summed E-state index contributed by atoms with van der Waals surface area (Å²) in [7, 11) is 0. The van der Waals surface area contributed by atoms with Gasteiger partial charge in [-0.25, -0.2) is 0 Å². The molecule has 2 aliphatic rings. The zero-order valence-corrected chi connectivity index (χ0v) is 16.1. The maximum atomic E-state index is 12.9. The highest BCUT2D eigenvalue weighted by molar-refractivity contribution is 5.92. The summed E-state index contributed by atoms with van der Waals surface area (Å²) in [6, 6.07) is 19.8. The highest BCUT2D eigenvalue weighted by atomic mass is 16.2. The summed E-state index contributed by atoms with van der Waals surface area (Å²) in [5.74, 6) is 0.215. The van der Waals surface area contributed by atoms with E-state index < -0.39 is 0 Å². The van der Waals surface area contributed by atoms with Crippen LogP contribution < -0.4 is 15.5 Å². The number of carbonyl (C=O) groups excluding carboxylic acids is 2. The van der Waals surface area contributed by atoms with E-state index in [1.54, 1.807) is 0 Å². The van der Waals surface area contributed by atoms with Crippen molar-refractivity contribution in [3.63, 3.8) is 0 Å². The molecule has 2 fully saturated rings. The summed E-state index contributed by atoms with van der Waals surface area (Å²) in [4.78, 5) is 26.8. The third kappa shape index (κ3) is 4.60. The van der Waals surface area contributed by atoms with E-state index in [1.807, 2.05) is 60.7 Å². The lowest BCUT2D eigenvalue weighted by molar-refractivity contribution is -0.927.